The molecule has 6 heteroatoms. The van der Waals surface area contributed by atoms with E-state index in [4.69, 9.17) is 9.47 Å². The van der Waals surface area contributed by atoms with Crippen molar-refractivity contribution in [1.29, 1.82) is 0 Å². The number of thiophene rings is 1. The van der Waals surface area contributed by atoms with Crippen LogP contribution in [0.2, 0.25) is 0 Å². The van der Waals surface area contributed by atoms with Crippen LogP contribution in [0.15, 0.2) is 10.5 Å². The van der Waals surface area contributed by atoms with Crippen molar-refractivity contribution in [2.24, 2.45) is 0 Å². The van der Waals surface area contributed by atoms with Gasteiger partial charge in [0, 0.05) is 37.6 Å². The summed E-state index contributed by atoms with van der Waals surface area (Å²) in [4.78, 5) is 6.14. The third-order valence-electron chi connectivity index (χ3n) is 3.22. The lowest BCUT2D eigenvalue weighted by Gasteiger charge is -2.28. The van der Waals surface area contributed by atoms with Crippen LogP contribution < -0.4 is 4.74 Å². The van der Waals surface area contributed by atoms with E-state index in [0.717, 1.165) is 55.5 Å². The number of ether oxygens (including phenoxy) is 2. The van der Waals surface area contributed by atoms with Crippen LogP contribution in [0.25, 0.3) is 0 Å². The molecule has 108 valence electrons. The standard InChI is InChI=1S/C13H21BrN2O2S/c1-15(3-4-16-5-7-18-8-6-16)10-11-9-12(14)13(17-2)19-11/h9H,3-8,10H2,1-2H3. The van der Waals surface area contributed by atoms with E-state index in [1.807, 2.05) is 0 Å². The molecule has 0 N–H and O–H groups in total. The van der Waals surface area contributed by atoms with Crippen LogP contribution in [0.5, 0.6) is 5.06 Å². The fourth-order valence-corrected chi connectivity index (χ4v) is 3.87. The summed E-state index contributed by atoms with van der Waals surface area (Å²) in [6.45, 7) is 7.04. The molecule has 0 bridgehead atoms. The van der Waals surface area contributed by atoms with Crippen molar-refractivity contribution in [2.45, 2.75) is 6.54 Å². The van der Waals surface area contributed by atoms with E-state index in [1.165, 1.54) is 4.88 Å². The monoisotopic (exact) mass is 348 g/mol. The van der Waals surface area contributed by atoms with Crippen molar-refractivity contribution in [1.82, 2.24) is 9.80 Å². The molecule has 1 aromatic rings. The molecule has 1 aliphatic rings. The first-order valence-electron chi connectivity index (χ1n) is 6.50. The maximum absolute atomic E-state index is 5.36. The van der Waals surface area contributed by atoms with Crippen molar-refractivity contribution in [3.05, 3.63) is 15.4 Å². The second-order valence-corrected chi connectivity index (χ2v) is 6.70. The molecule has 1 fully saturated rings. The van der Waals surface area contributed by atoms with Crippen molar-refractivity contribution in [3.8, 4) is 5.06 Å². The summed E-state index contributed by atoms with van der Waals surface area (Å²) < 4.78 is 11.7. The first-order chi connectivity index (χ1) is 9.19. The minimum absolute atomic E-state index is 0.874. The lowest BCUT2D eigenvalue weighted by molar-refractivity contribution is 0.0342. The number of morpholine rings is 1. The molecule has 0 aliphatic carbocycles. The number of methoxy groups -OCH3 is 1. The van der Waals surface area contributed by atoms with Crippen molar-refractivity contribution >= 4 is 27.3 Å². The van der Waals surface area contributed by atoms with Crippen LogP contribution in [0.1, 0.15) is 4.88 Å². The molecular formula is C13H21BrN2O2S. The van der Waals surface area contributed by atoms with Crippen LogP contribution in [-0.4, -0.2) is 63.4 Å². The Kier molecular flexibility index (Phi) is 6.09. The SMILES string of the molecule is COc1sc(CN(C)CCN2CCOCC2)cc1Br. The topological polar surface area (TPSA) is 24.9 Å². The zero-order chi connectivity index (χ0) is 13.7. The quantitative estimate of drug-likeness (QED) is 0.787. The summed E-state index contributed by atoms with van der Waals surface area (Å²) >= 11 is 5.22. The lowest BCUT2D eigenvalue weighted by atomic mass is 10.4. The molecule has 0 saturated carbocycles. The minimum atomic E-state index is 0.874. The lowest BCUT2D eigenvalue weighted by Crippen LogP contribution is -2.40. The van der Waals surface area contributed by atoms with Gasteiger partial charge in [0.05, 0.1) is 24.8 Å². The molecule has 19 heavy (non-hydrogen) atoms. The highest BCUT2D eigenvalue weighted by Crippen LogP contribution is 2.35. The molecule has 0 atom stereocenters. The van der Waals surface area contributed by atoms with Gasteiger partial charge in [-0.2, -0.15) is 0 Å². The van der Waals surface area contributed by atoms with E-state index >= 15 is 0 Å². The smallest absolute Gasteiger partial charge is 0.188 e. The van der Waals surface area contributed by atoms with Gasteiger partial charge >= 0.3 is 0 Å². The van der Waals surface area contributed by atoms with Gasteiger partial charge in [-0.1, -0.05) is 0 Å². The number of likely N-dealkylation sites (N-methyl/N-ethyl adjacent to an activating group) is 1. The zero-order valence-electron chi connectivity index (χ0n) is 11.5. The fourth-order valence-electron chi connectivity index (χ4n) is 2.10. The van der Waals surface area contributed by atoms with Crippen LogP contribution in [-0.2, 0) is 11.3 Å². The van der Waals surface area contributed by atoms with Crippen LogP contribution in [0, 0.1) is 0 Å². The molecule has 1 saturated heterocycles. The Morgan fingerprint density at radius 1 is 1.47 bits per heavy atom. The Morgan fingerprint density at radius 3 is 2.84 bits per heavy atom. The van der Waals surface area contributed by atoms with Gasteiger partial charge in [0.2, 0.25) is 0 Å². The first-order valence-corrected chi connectivity index (χ1v) is 8.11. The summed E-state index contributed by atoms with van der Waals surface area (Å²) in [6.07, 6.45) is 0. The third-order valence-corrected chi connectivity index (χ3v) is 5.15. The van der Waals surface area contributed by atoms with E-state index in [0.29, 0.717) is 0 Å². The van der Waals surface area contributed by atoms with Gasteiger partial charge in [-0.15, -0.1) is 11.3 Å². The van der Waals surface area contributed by atoms with E-state index in [9.17, 15) is 0 Å². The Bertz CT molecular complexity index is 394. The van der Waals surface area contributed by atoms with Gasteiger partial charge in [0.1, 0.15) is 0 Å². The van der Waals surface area contributed by atoms with Gasteiger partial charge in [0.15, 0.2) is 5.06 Å². The van der Waals surface area contributed by atoms with Gasteiger partial charge in [-0.3, -0.25) is 4.90 Å². The third kappa shape index (κ3) is 4.72. The maximum atomic E-state index is 5.36. The Balaban J connectivity index is 1.75. The minimum Gasteiger partial charge on any atom is -0.486 e. The zero-order valence-corrected chi connectivity index (χ0v) is 13.9. The molecule has 1 aromatic heterocycles. The number of hydrogen-bond donors (Lipinski definition) is 0. The van der Waals surface area contributed by atoms with Gasteiger partial charge in [0.25, 0.3) is 0 Å². The Morgan fingerprint density at radius 2 is 2.21 bits per heavy atom. The summed E-state index contributed by atoms with van der Waals surface area (Å²) in [5.74, 6) is 0. The number of rotatable bonds is 6. The Hall–Kier alpha value is -0.140. The molecule has 0 aromatic carbocycles. The summed E-state index contributed by atoms with van der Waals surface area (Å²) in [5, 5.41) is 0.955. The number of halogens is 1. The van der Waals surface area contributed by atoms with Gasteiger partial charge < -0.3 is 14.4 Å². The van der Waals surface area contributed by atoms with E-state index < -0.39 is 0 Å². The predicted molar refractivity (Wildman–Crippen MR) is 82.2 cm³/mol. The largest absolute Gasteiger partial charge is 0.486 e. The second-order valence-electron chi connectivity index (χ2n) is 4.74. The molecule has 0 unspecified atom stereocenters. The summed E-state index contributed by atoms with van der Waals surface area (Å²) in [6, 6.07) is 2.15. The average molecular weight is 349 g/mol. The molecule has 0 amide bonds. The van der Waals surface area contributed by atoms with Crippen LogP contribution in [0.3, 0.4) is 0 Å². The molecular weight excluding hydrogens is 328 g/mol. The summed E-state index contributed by atoms with van der Waals surface area (Å²) in [7, 11) is 3.88. The van der Waals surface area contributed by atoms with Gasteiger partial charge in [-0.25, -0.2) is 0 Å². The van der Waals surface area contributed by atoms with Crippen LogP contribution in [0.4, 0.5) is 0 Å². The highest BCUT2D eigenvalue weighted by atomic mass is 79.9. The fraction of sp³-hybridized carbons (Fsp3) is 0.692. The number of nitrogens with zero attached hydrogens (tertiary/aromatic N) is 2. The van der Waals surface area contributed by atoms with Crippen LogP contribution >= 0.6 is 27.3 Å². The molecule has 0 spiro atoms. The first kappa shape index (κ1) is 15.3. The normalized spacial score (nSPS) is 17.1. The highest BCUT2D eigenvalue weighted by Gasteiger charge is 2.12. The molecule has 2 rings (SSSR count). The summed E-state index contributed by atoms with van der Waals surface area (Å²) in [5.41, 5.74) is 0. The average Bonchev–Trinajstić information content (AvgIpc) is 2.77. The number of hydrogen-bond acceptors (Lipinski definition) is 5. The molecule has 2 heterocycles. The van der Waals surface area contributed by atoms with Crippen molar-refractivity contribution < 1.29 is 9.47 Å². The molecule has 4 nitrogen and oxygen atoms in total. The predicted octanol–water partition coefficient (Wildman–Crippen LogP) is 2.28. The Labute approximate surface area is 127 Å². The van der Waals surface area contributed by atoms with Crippen molar-refractivity contribution in [3.63, 3.8) is 0 Å². The van der Waals surface area contributed by atoms with E-state index in [2.05, 4.69) is 38.8 Å². The molecule has 0 radical (unpaired) electrons. The van der Waals surface area contributed by atoms with Crippen molar-refractivity contribution in [2.75, 3.05) is 53.6 Å². The molecule has 1 aliphatic heterocycles. The second kappa shape index (κ2) is 7.59. The highest BCUT2D eigenvalue weighted by molar-refractivity contribution is 9.10. The van der Waals surface area contributed by atoms with E-state index in [1.54, 1.807) is 18.4 Å². The van der Waals surface area contributed by atoms with E-state index in [-0.39, 0.29) is 0 Å². The maximum Gasteiger partial charge on any atom is 0.188 e. The van der Waals surface area contributed by atoms with Gasteiger partial charge in [-0.05, 0) is 29.0 Å².